The van der Waals surface area contributed by atoms with Crippen molar-refractivity contribution < 1.29 is 14.7 Å². The number of benzene rings is 1. The zero-order chi connectivity index (χ0) is 14.2. The van der Waals surface area contributed by atoms with E-state index >= 15 is 0 Å². The molecule has 19 heavy (non-hydrogen) atoms. The molecule has 1 aromatic rings. The minimum Gasteiger partial charge on any atom is -0.481 e. The van der Waals surface area contributed by atoms with E-state index in [1.807, 2.05) is 25.1 Å². The number of carbonyl (C=O) groups excluding carboxylic acids is 1. The van der Waals surface area contributed by atoms with E-state index in [9.17, 15) is 9.59 Å². The smallest absolute Gasteiger partial charge is 0.307 e. The topological polar surface area (TPSA) is 66.4 Å². The molecule has 0 bridgehead atoms. The van der Waals surface area contributed by atoms with Crippen LogP contribution in [-0.2, 0) is 9.59 Å². The highest BCUT2D eigenvalue weighted by Gasteiger charge is 2.48. The van der Waals surface area contributed by atoms with Gasteiger partial charge >= 0.3 is 5.97 Å². The predicted octanol–water partition coefficient (Wildman–Crippen LogP) is 2.78. The Bertz CT molecular complexity index is 522. The van der Waals surface area contributed by atoms with Gasteiger partial charge in [0.15, 0.2) is 0 Å². The molecule has 1 fully saturated rings. The Kier molecular flexibility index (Phi) is 3.60. The number of carbonyl (C=O) groups is 2. The number of aliphatic carboxylic acids is 1. The van der Waals surface area contributed by atoms with Gasteiger partial charge < -0.3 is 10.4 Å². The standard InChI is InChI=1S/C15H19NO3/c1-8(2)10-5-4-9(3)13(6-10)16-14(17)11-7-12(11)15(18)19/h4-6,8,11-12H,7H2,1-3H3,(H,16,17)(H,18,19). The number of aryl methyl sites for hydroxylation is 1. The Morgan fingerprint density at radius 2 is 2.00 bits per heavy atom. The Labute approximate surface area is 112 Å². The summed E-state index contributed by atoms with van der Waals surface area (Å²) >= 11 is 0. The second-order valence-corrected chi connectivity index (χ2v) is 5.51. The first-order valence-corrected chi connectivity index (χ1v) is 6.54. The van der Waals surface area contributed by atoms with Crippen molar-refractivity contribution in [3.63, 3.8) is 0 Å². The number of amides is 1. The average molecular weight is 261 g/mol. The molecule has 2 rings (SSSR count). The molecular formula is C15H19NO3. The van der Waals surface area contributed by atoms with Gasteiger partial charge in [-0.2, -0.15) is 0 Å². The monoisotopic (exact) mass is 261 g/mol. The number of nitrogens with one attached hydrogen (secondary N) is 1. The summed E-state index contributed by atoms with van der Waals surface area (Å²) in [6, 6.07) is 6.00. The minimum atomic E-state index is -0.882. The fourth-order valence-corrected chi connectivity index (χ4v) is 2.12. The number of anilines is 1. The zero-order valence-electron chi connectivity index (χ0n) is 11.4. The number of hydrogen-bond donors (Lipinski definition) is 2. The van der Waals surface area contributed by atoms with Crippen LogP contribution >= 0.6 is 0 Å². The summed E-state index contributed by atoms with van der Waals surface area (Å²) in [6.45, 7) is 6.12. The van der Waals surface area contributed by atoms with E-state index in [4.69, 9.17) is 5.11 Å². The fourth-order valence-electron chi connectivity index (χ4n) is 2.12. The van der Waals surface area contributed by atoms with Crippen molar-refractivity contribution in [2.45, 2.75) is 33.1 Å². The van der Waals surface area contributed by atoms with Gasteiger partial charge in [-0.25, -0.2) is 0 Å². The second kappa shape index (κ2) is 5.03. The molecule has 2 N–H and O–H groups in total. The Balaban J connectivity index is 2.09. The summed E-state index contributed by atoms with van der Waals surface area (Å²) in [7, 11) is 0. The summed E-state index contributed by atoms with van der Waals surface area (Å²) < 4.78 is 0. The van der Waals surface area contributed by atoms with Crippen LogP contribution in [0.25, 0.3) is 0 Å². The molecule has 1 aliphatic rings. The predicted molar refractivity (Wildman–Crippen MR) is 73.1 cm³/mol. The van der Waals surface area contributed by atoms with Crippen molar-refractivity contribution >= 4 is 17.6 Å². The molecule has 1 aromatic carbocycles. The first-order valence-electron chi connectivity index (χ1n) is 6.54. The summed E-state index contributed by atoms with van der Waals surface area (Å²) in [6.07, 6.45) is 0.448. The van der Waals surface area contributed by atoms with E-state index in [-0.39, 0.29) is 11.8 Å². The first kappa shape index (κ1) is 13.6. The van der Waals surface area contributed by atoms with E-state index in [0.29, 0.717) is 12.3 Å². The van der Waals surface area contributed by atoms with E-state index in [1.165, 1.54) is 0 Å². The van der Waals surface area contributed by atoms with Gasteiger partial charge in [-0.1, -0.05) is 26.0 Å². The highest BCUT2D eigenvalue weighted by molar-refractivity contribution is 5.98. The van der Waals surface area contributed by atoms with E-state index in [0.717, 1.165) is 16.8 Å². The molecule has 0 spiro atoms. The van der Waals surface area contributed by atoms with Gasteiger partial charge in [-0.3, -0.25) is 9.59 Å². The summed E-state index contributed by atoms with van der Waals surface area (Å²) in [5.41, 5.74) is 2.93. The molecule has 0 aliphatic heterocycles. The Hall–Kier alpha value is -1.84. The summed E-state index contributed by atoms with van der Waals surface area (Å²) in [5.74, 6) is -1.55. The number of carboxylic acids is 1. The number of rotatable bonds is 4. The maximum absolute atomic E-state index is 11.9. The first-order chi connectivity index (χ1) is 8.90. The largest absolute Gasteiger partial charge is 0.481 e. The van der Waals surface area contributed by atoms with Crippen LogP contribution in [0.15, 0.2) is 18.2 Å². The van der Waals surface area contributed by atoms with E-state index < -0.39 is 11.9 Å². The zero-order valence-corrected chi connectivity index (χ0v) is 11.4. The van der Waals surface area contributed by atoms with E-state index in [1.54, 1.807) is 0 Å². The van der Waals surface area contributed by atoms with Crippen molar-refractivity contribution in [1.29, 1.82) is 0 Å². The van der Waals surface area contributed by atoms with Gasteiger partial charge in [0.25, 0.3) is 0 Å². The van der Waals surface area contributed by atoms with Crippen LogP contribution in [0.2, 0.25) is 0 Å². The Morgan fingerprint density at radius 1 is 1.32 bits per heavy atom. The van der Waals surface area contributed by atoms with Gasteiger partial charge in [0.05, 0.1) is 11.8 Å². The third-order valence-electron chi connectivity index (χ3n) is 3.63. The van der Waals surface area contributed by atoms with Crippen LogP contribution in [0.5, 0.6) is 0 Å². The van der Waals surface area contributed by atoms with Gasteiger partial charge in [-0.05, 0) is 36.5 Å². The molecule has 102 valence electrons. The molecular weight excluding hydrogens is 242 g/mol. The molecule has 0 saturated heterocycles. The average Bonchev–Trinajstić information content (AvgIpc) is 3.11. The van der Waals surface area contributed by atoms with Crippen molar-refractivity contribution in [3.05, 3.63) is 29.3 Å². The molecule has 1 aliphatic carbocycles. The van der Waals surface area contributed by atoms with Crippen LogP contribution in [0.3, 0.4) is 0 Å². The lowest BCUT2D eigenvalue weighted by atomic mass is 10.0. The maximum Gasteiger partial charge on any atom is 0.307 e. The molecule has 1 saturated carbocycles. The minimum absolute atomic E-state index is 0.184. The molecule has 4 heteroatoms. The molecule has 4 nitrogen and oxygen atoms in total. The van der Waals surface area contributed by atoms with Gasteiger partial charge in [-0.15, -0.1) is 0 Å². The molecule has 2 atom stereocenters. The van der Waals surface area contributed by atoms with Crippen LogP contribution in [0, 0.1) is 18.8 Å². The van der Waals surface area contributed by atoms with Gasteiger partial charge in [0, 0.05) is 5.69 Å². The van der Waals surface area contributed by atoms with Gasteiger partial charge in [0.2, 0.25) is 5.91 Å². The van der Waals surface area contributed by atoms with Crippen molar-refractivity contribution in [3.8, 4) is 0 Å². The molecule has 0 radical (unpaired) electrons. The Morgan fingerprint density at radius 3 is 2.53 bits per heavy atom. The lowest BCUT2D eigenvalue weighted by Crippen LogP contribution is -2.17. The van der Waals surface area contributed by atoms with Gasteiger partial charge in [0.1, 0.15) is 0 Å². The molecule has 2 unspecified atom stereocenters. The number of hydrogen-bond acceptors (Lipinski definition) is 2. The van der Waals surface area contributed by atoms with Crippen LogP contribution in [0.1, 0.15) is 37.3 Å². The number of carboxylic acid groups (broad SMARTS) is 1. The lowest BCUT2D eigenvalue weighted by Gasteiger charge is -2.12. The van der Waals surface area contributed by atoms with Crippen molar-refractivity contribution in [1.82, 2.24) is 0 Å². The lowest BCUT2D eigenvalue weighted by molar-refractivity contribution is -0.139. The van der Waals surface area contributed by atoms with Crippen molar-refractivity contribution in [2.75, 3.05) is 5.32 Å². The highest BCUT2D eigenvalue weighted by atomic mass is 16.4. The van der Waals surface area contributed by atoms with Crippen molar-refractivity contribution in [2.24, 2.45) is 11.8 Å². The van der Waals surface area contributed by atoms with Crippen LogP contribution in [-0.4, -0.2) is 17.0 Å². The molecule has 1 amide bonds. The molecule has 0 heterocycles. The van der Waals surface area contributed by atoms with Crippen LogP contribution < -0.4 is 5.32 Å². The highest BCUT2D eigenvalue weighted by Crippen LogP contribution is 2.39. The normalized spacial score (nSPS) is 21.3. The third-order valence-corrected chi connectivity index (χ3v) is 3.63. The summed E-state index contributed by atoms with van der Waals surface area (Å²) in [5, 5.41) is 11.7. The SMILES string of the molecule is Cc1ccc(C(C)C)cc1NC(=O)C1CC1C(=O)O. The van der Waals surface area contributed by atoms with E-state index in [2.05, 4.69) is 19.2 Å². The fraction of sp³-hybridized carbons (Fsp3) is 0.467. The van der Waals surface area contributed by atoms with Crippen LogP contribution in [0.4, 0.5) is 5.69 Å². The quantitative estimate of drug-likeness (QED) is 0.875. The molecule has 0 aromatic heterocycles. The summed E-state index contributed by atoms with van der Waals surface area (Å²) in [4.78, 5) is 22.7. The maximum atomic E-state index is 11.9. The second-order valence-electron chi connectivity index (χ2n) is 5.51. The third kappa shape index (κ3) is 2.95.